The maximum Gasteiger partial charge on any atom is 0.313 e. The molecule has 0 aliphatic rings. The van der Waals surface area contributed by atoms with E-state index in [4.69, 9.17) is 5.11 Å². The SMILES string of the molecule is COC(=O)C(CC(=O)O)C(O)(Br)c1ccccc1. The van der Waals surface area contributed by atoms with Crippen LogP contribution in [0.1, 0.15) is 12.0 Å². The summed E-state index contributed by atoms with van der Waals surface area (Å²) >= 11 is 3.02. The standard InChI is InChI=1S/C12H13BrO5/c1-18-11(16)9(7-10(14)15)12(13,17)8-5-3-2-4-6-8/h2-6,9,17H,7H2,1H3,(H,14,15). The van der Waals surface area contributed by atoms with E-state index in [1.54, 1.807) is 30.3 Å². The molecule has 6 heteroatoms. The smallest absolute Gasteiger partial charge is 0.313 e. The van der Waals surface area contributed by atoms with Crippen LogP contribution in [0.3, 0.4) is 0 Å². The first kappa shape index (κ1) is 14.7. The fourth-order valence-corrected chi connectivity index (χ4v) is 2.18. The number of esters is 1. The second-order valence-electron chi connectivity index (χ2n) is 3.71. The quantitative estimate of drug-likeness (QED) is 0.635. The van der Waals surface area contributed by atoms with Crippen molar-refractivity contribution in [3.63, 3.8) is 0 Å². The second-order valence-corrected chi connectivity index (χ2v) is 4.92. The zero-order valence-corrected chi connectivity index (χ0v) is 11.3. The molecular formula is C12H13BrO5. The van der Waals surface area contributed by atoms with E-state index >= 15 is 0 Å². The lowest BCUT2D eigenvalue weighted by atomic mass is 9.92. The van der Waals surface area contributed by atoms with Gasteiger partial charge in [-0.15, -0.1) is 0 Å². The minimum atomic E-state index is -1.78. The topological polar surface area (TPSA) is 83.8 Å². The van der Waals surface area contributed by atoms with Crippen LogP contribution in [0.25, 0.3) is 0 Å². The molecule has 1 aromatic rings. The molecule has 1 aromatic carbocycles. The van der Waals surface area contributed by atoms with Crippen molar-refractivity contribution in [1.82, 2.24) is 0 Å². The van der Waals surface area contributed by atoms with Gasteiger partial charge in [-0.1, -0.05) is 30.3 Å². The first-order valence-corrected chi connectivity index (χ1v) is 5.95. The van der Waals surface area contributed by atoms with Gasteiger partial charge in [-0.05, 0) is 21.5 Å². The monoisotopic (exact) mass is 316 g/mol. The highest BCUT2D eigenvalue weighted by molar-refractivity contribution is 9.09. The predicted molar refractivity (Wildman–Crippen MR) is 67.0 cm³/mol. The zero-order valence-electron chi connectivity index (χ0n) is 9.67. The predicted octanol–water partition coefficient (Wildman–Crippen LogP) is 1.49. The molecule has 0 bridgehead atoms. The van der Waals surface area contributed by atoms with Gasteiger partial charge < -0.3 is 14.9 Å². The van der Waals surface area contributed by atoms with Gasteiger partial charge in [0.1, 0.15) is 5.92 Å². The molecule has 5 nitrogen and oxygen atoms in total. The van der Waals surface area contributed by atoms with Crippen LogP contribution in [0.2, 0.25) is 0 Å². The van der Waals surface area contributed by atoms with Gasteiger partial charge in [-0.25, -0.2) is 0 Å². The van der Waals surface area contributed by atoms with E-state index in [0.717, 1.165) is 7.11 Å². The average Bonchev–Trinajstić information content (AvgIpc) is 2.35. The number of carboxylic acid groups (broad SMARTS) is 1. The molecule has 0 amide bonds. The molecular weight excluding hydrogens is 304 g/mol. The molecule has 0 fully saturated rings. The molecule has 2 unspecified atom stereocenters. The fourth-order valence-electron chi connectivity index (χ4n) is 1.56. The van der Waals surface area contributed by atoms with Crippen molar-refractivity contribution in [2.45, 2.75) is 10.9 Å². The lowest BCUT2D eigenvalue weighted by Gasteiger charge is -2.28. The Bertz CT molecular complexity index is 429. The number of aliphatic hydroxyl groups is 1. The minimum absolute atomic E-state index is 0.390. The van der Waals surface area contributed by atoms with E-state index in [1.807, 2.05) is 0 Å². The van der Waals surface area contributed by atoms with Gasteiger partial charge in [-0.2, -0.15) is 0 Å². The summed E-state index contributed by atoms with van der Waals surface area (Å²) in [4.78, 5) is 22.4. The highest BCUT2D eigenvalue weighted by Crippen LogP contribution is 2.38. The first-order valence-electron chi connectivity index (χ1n) is 5.16. The van der Waals surface area contributed by atoms with Crippen LogP contribution >= 0.6 is 15.9 Å². The number of methoxy groups -OCH3 is 1. The Kier molecular flexibility index (Phi) is 4.86. The molecule has 0 heterocycles. The number of hydrogen-bond acceptors (Lipinski definition) is 4. The summed E-state index contributed by atoms with van der Waals surface area (Å²) in [5.41, 5.74) is 0.390. The molecule has 1 rings (SSSR count). The molecule has 0 aliphatic heterocycles. The largest absolute Gasteiger partial charge is 0.481 e. The number of ether oxygens (including phenoxy) is 1. The number of rotatable bonds is 5. The third kappa shape index (κ3) is 3.30. The average molecular weight is 317 g/mol. The van der Waals surface area contributed by atoms with Gasteiger partial charge in [0.15, 0.2) is 4.51 Å². The maximum absolute atomic E-state index is 11.6. The van der Waals surface area contributed by atoms with Gasteiger partial charge in [0.25, 0.3) is 0 Å². The maximum atomic E-state index is 11.6. The van der Waals surface area contributed by atoms with Crippen LogP contribution in [-0.4, -0.2) is 29.3 Å². The number of carbonyl (C=O) groups excluding carboxylic acids is 1. The van der Waals surface area contributed by atoms with E-state index in [2.05, 4.69) is 20.7 Å². The molecule has 18 heavy (non-hydrogen) atoms. The zero-order chi connectivity index (χ0) is 13.8. The normalized spacial score (nSPS) is 15.5. The molecule has 0 spiro atoms. The van der Waals surface area contributed by atoms with Crippen LogP contribution in [0, 0.1) is 5.92 Å². The van der Waals surface area contributed by atoms with Crippen molar-refractivity contribution in [2.75, 3.05) is 7.11 Å². The van der Waals surface area contributed by atoms with Gasteiger partial charge >= 0.3 is 11.9 Å². The van der Waals surface area contributed by atoms with Crippen molar-refractivity contribution in [3.8, 4) is 0 Å². The Morgan fingerprint density at radius 3 is 2.39 bits per heavy atom. The van der Waals surface area contributed by atoms with E-state index in [1.165, 1.54) is 0 Å². The Hall–Kier alpha value is -1.40. The van der Waals surface area contributed by atoms with Crippen molar-refractivity contribution in [3.05, 3.63) is 35.9 Å². The Balaban J connectivity index is 3.10. The number of halogens is 1. The summed E-state index contributed by atoms with van der Waals surface area (Å²) in [6.45, 7) is 0. The third-order valence-electron chi connectivity index (χ3n) is 2.50. The number of alkyl halides is 1. The summed E-state index contributed by atoms with van der Waals surface area (Å²) in [7, 11) is 1.14. The first-order chi connectivity index (χ1) is 8.39. The van der Waals surface area contributed by atoms with Crippen molar-refractivity contribution < 1.29 is 24.5 Å². The van der Waals surface area contributed by atoms with Gasteiger partial charge in [0.05, 0.1) is 13.5 Å². The van der Waals surface area contributed by atoms with Crippen LogP contribution in [0.5, 0.6) is 0 Å². The minimum Gasteiger partial charge on any atom is -0.481 e. The highest BCUT2D eigenvalue weighted by Gasteiger charge is 2.43. The van der Waals surface area contributed by atoms with Crippen LogP contribution in [-0.2, 0) is 18.8 Å². The van der Waals surface area contributed by atoms with Crippen molar-refractivity contribution >= 4 is 27.9 Å². The molecule has 2 N–H and O–H groups in total. The highest BCUT2D eigenvalue weighted by atomic mass is 79.9. The van der Waals surface area contributed by atoms with E-state index in [-0.39, 0.29) is 0 Å². The van der Waals surface area contributed by atoms with E-state index in [0.29, 0.717) is 5.56 Å². The molecule has 0 saturated carbocycles. The fraction of sp³-hybridized carbons (Fsp3) is 0.333. The van der Waals surface area contributed by atoms with E-state index < -0.39 is 28.8 Å². The lowest BCUT2D eigenvalue weighted by Crippen LogP contribution is -2.37. The van der Waals surface area contributed by atoms with Crippen molar-refractivity contribution in [2.24, 2.45) is 5.92 Å². The number of hydrogen-bond donors (Lipinski definition) is 2. The summed E-state index contributed by atoms with van der Waals surface area (Å²) in [5, 5.41) is 19.1. The molecule has 0 aromatic heterocycles. The number of aliphatic carboxylic acids is 1. The molecule has 2 atom stereocenters. The second kappa shape index (κ2) is 5.97. The van der Waals surface area contributed by atoms with Gasteiger partial charge in [0, 0.05) is 0 Å². The van der Waals surface area contributed by atoms with Gasteiger partial charge in [-0.3, -0.25) is 9.59 Å². The third-order valence-corrected chi connectivity index (χ3v) is 3.52. The van der Waals surface area contributed by atoms with Crippen LogP contribution in [0.15, 0.2) is 30.3 Å². The summed E-state index contributed by atoms with van der Waals surface area (Å²) in [6, 6.07) is 8.28. The van der Waals surface area contributed by atoms with Crippen LogP contribution in [0.4, 0.5) is 0 Å². The molecule has 0 saturated heterocycles. The van der Waals surface area contributed by atoms with E-state index in [9.17, 15) is 14.7 Å². The van der Waals surface area contributed by atoms with Crippen molar-refractivity contribution in [1.29, 1.82) is 0 Å². The number of benzene rings is 1. The summed E-state index contributed by atoms with van der Waals surface area (Å²) in [6.07, 6.45) is -0.538. The number of carbonyl (C=O) groups is 2. The molecule has 0 aliphatic carbocycles. The van der Waals surface area contributed by atoms with Gasteiger partial charge in [0.2, 0.25) is 0 Å². The number of carboxylic acids is 1. The lowest BCUT2D eigenvalue weighted by molar-refractivity contribution is -0.156. The summed E-state index contributed by atoms with van der Waals surface area (Å²) < 4.78 is 2.75. The Morgan fingerprint density at radius 1 is 1.39 bits per heavy atom. The van der Waals surface area contributed by atoms with Crippen LogP contribution < -0.4 is 0 Å². The summed E-state index contributed by atoms with van der Waals surface area (Å²) in [5.74, 6) is -3.22. The Labute approximate surface area is 113 Å². The Morgan fingerprint density at radius 2 is 1.94 bits per heavy atom. The molecule has 0 radical (unpaired) electrons. The molecule has 98 valence electrons.